The fraction of sp³-hybridized carbons (Fsp3) is 0.136. The number of amides is 1. The Morgan fingerprint density at radius 3 is 2.22 bits per heavy atom. The topological polar surface area (TPSA) is 50.4 Å². The number of benzene rings is 3. The molecule has 138 valence electrons. The number of anilines is 2. The molecule has 3 rings (SSSR count). The minimum atomic E-state index is -0.0967. The summed E-state index contributed by atoms with van der Waals surface area (Å²) in [6, 6.07) is 25.4. The van der Waals surface area contributed by atoms with Crippen molar-refractivity contribution in [3.8, 4) is 5.75 Å². The Bertz CT molecular complexity index is 850. The molecule has 0 spiro atoms. The van der Waals surface area contributed by atoms with Crippen LogP contribution < -0.4 is 15.4 Å². The molecule has 0 aliphatic heterocycles. The second-order valence-corrected chi connectivity index (χ2v) is 6.93. The van der Waals surface area contributed by atoms with Crippen LogP contribution in [0.5, 0.6) is 5.75 Å². The third-order valence-electron chi connectivity index (χ3n) is 3.94. The van der Waals surface area contributed by atoms with E-state index >= 15 is 0 Å². The summed E-state index contributed by atoms with van der Waals surface area (Å²) in [5.41, 5.74) is 2.90. The average molecular weight is 425 g/mol. The van der Waals surface area contributed by atoms with Crippen LogP contribution in [-0.2, 0) is 11.2 Å². The van der Waals surface area contributed by atoms with Crippen molar-refractivity contribution in [3.05, 3.63) is 88.9 Å². The molecule has 0 aliphatic rings. The number of rotatable bonds is 8. The van der Waals surface area contributed by atoms with Gasteiger partial charge >= 0.3 is 0 Å². The van der Waals surface area contributed by atoms with E-state index in [4.69, 9.17) is 4.74 Å². The molecule has 2 N–H and O–H groups in total. The SMILES string of the molecule is O=C(CNc1ccc(OCCc2ccccc2)cc1)Nc1ccc(Br)cc1. The van der Waals surface area contributed by atoms with Crippen molar-refractivity contribution in [2.45, 2.75) is 6.42 Å². The maximum absolute atomic E-state index is 12.0. The van der Waals surface area contributed by atoms with E-state index in [9.17, 15) is 4.79 Å². The molecule has 3 aromatic carbocycles. The van der Waals surface area contributed by atoms with E-state index < -0.39 is 0 Å². The van der Waals surface area contributed by atoms with E-state index in [1.165, 1.54) is 5.56 Å². The lowest BCUT2D eigenvalue weighted by Crippen LogP contribution is -2.21. The summed E-state index contributed by atoms with van der Waals surface area (Å²) < 4.78 is 6.74. The summed E-state index contributed by atoms with van der Waals surface area (Å²) in [6.07, 6.45) is 0.872. The molecular weight excluding hydrogens is 404 g/mol. The van der Waals surface area contributed by atoms with Gasteiger partial charge in [-0.05, 0) is 54.1 Å². The zero-order valence-corrected chi connectivity index (χ0v) is 16.4. The van der Waals surface area contributed by atoms with Gasteiger partial charge in [0.15, 0.2) is 0 Å². The molecule has 0 bridgehead atoms. The lowest BCUT2D eigenvalue weighted by molar-refractivity contribution is -0.114. The Labute approximate surface area is 167 Å². The highest BCUT2D eigenvalue weighted by molar-refractivity contribution is 9.10. The predicted molar refractivity (Wildman–Crippen MR) is 113 cm³/mol. The highest BCUT2D eigenvalue weighted by Gasteiger charge is 2.03. The normalized spacial score (nSPS) is 10.3. The molecule has 3 aromatic rings. The van der Waals surface area contributed by atoms with Crippen LogP contribution in [0.25, 0.3) is 0 Å². The van der Waals surface area contributed by atoms with Gasteiger partial charge in [0.05, 0.1) is 13.2 Å². The zero-order chi connectivity index (χ0) is 18.9. The smallest absolute Gasteiger partial charge is 0.243 e. The van der Waals surface area contributed by atoms with Crippen molar-refractivity contribution in [2.24, 2.45) is 0 Å². The van der Waals surface area contributed by atoms with Crippen molar-refractivity contribution in [2.75, 3.05) is 23.8 Å². The van der Waals surface area contributed by atoms with Gasteiger partial charge in [-0.25, -0.2) is 0 Å². The molecule has 0 aromatic heterocycles. The Morgan fingerprint density at radius 2 is 1.52 bits per heavy atom. The lowest BCUT2D eigenvalue weighted by Gasteiger charge is -2.10. The van der Waals surface area contributed by atoms with Crippen LogP contribution in [-0.4, -0.2) is 19.1 Å². The van der Waals surface area contributed by atoms with Crippen LogP contribution in [0.1, 0.15) is 5.56 Å². The van der Waals surface area contributed by atoms with Gasteiger partial charge in [0.2, 0.25) is 5.91 Å². The molecular formula is C22H21BrN2O2. The molecule has 0 radical (unpaired) electrons. The summed E-state index contributed by atoms with van der Waals surface area (Å²) in [5.74, 6) is 0.719. The highest BCUT2D eigenvalue weighted by atomic mass is 79.9. The molecule has 0 aliphatic carbocycles. The first-order chi connectivity index (χ1) is 13.2. The fourth-order valence-electron chi connectivity index (χ4n) is 2.52. The molecule has 0 unspecified atom stereocenters. The second kappa shape index (κ2) is 9.78. The van der Waals surface area contributed by atoms with E-state index in [1.54, 1.807) is 0 Å². The summed E-state index contributed by atoms with van der Waals surface area (Å²) in [5, 5.41) is 5.96. The summed E-state index contributed by atoms with van der Waals surface area (Å²) in [4.78, 5) is 12.0. The molecule has 0 fully saturated rings. The van der Waals surface area contributed by atoms with Crippen LogP contribution in [0, 0.1) is 0 Å². The highest BCUT2D eigenvalue weighted by Crippen LogP contribution is 2.17. The van der Waals surface area contributed by atoms with E-state index in [-0.39, 0.29) is 12.5 Å². The van der Waals surface area contributed by atoms with Crippen molar-refractivity contribution in [3.63, 3.8) is 0 Å². The van der Waals surface area contributed by atoms with Gasteiger partial charge in [-0.2, -0.15) is 0 Å². The predicted octanol–water partition coefficient (Wildman–Crippen LogP) is 5.12. The molecule has 27 heavy (non-hydrogen) atoms. The molecule has 4 nitrogen and oxygen atoms in total. The van der Waals surface area contributed by atoms with Gasteiger partial charge in [0.1, 0.15) is 5.75 Å². The summed E-state index contributed by atoms with van der Waals surface area (Å²) in [6.45, 7) is 0.830. The molecule has 0 atom stereocenters. The summed E-state index contributed by atoms with van der Waals surface area (Å²) >= 11 is 3.37. The van der Waals surface area contributed by atoms with E-state index in [0.29, 0.717) is 6.61 Å². The van der Waals surface area contributed by atoms with Crippen molar-refractivity contribution < 1.29 is 9.53 Å². The summed E-state index contributed by atoms with van der Waals surface area (Å²) in [7, 11) is 0. The number of nitrogens with one attached hydrogen (secondary N) is 2. The van der Waals surface area contributed by atoms with Crippen LogP contribution in [0.2, 0.25) is 0 Å². The van der Waals surface area contributed by atoms with Gasteiger partial charge in [0.25, 0.3) is 0 Å². The third-order valence-corrected chi connectivity index (χ3v) is 4.47. The zero-order valence-electron chi connectivity index (χ0n) is 14.8. The first-order valence-electron chi connectivity index (χ1n) is 8.75. The maximum atomic E-state index is 12.0. The standard InChI is InChI=1S/C22H21BrN2O2/c23-18-6-8-20(9-7-18)25-22(26)16-24-19-10-12-21(13-11-19)27-15-14-17-4-2-1-3-5-17/h1-13,24H,14-16H2,(H,25,26). The molecule has 5 heteroatoms. The average Bonchev–Trinajstić information content (AvgIpc) is 2.70. The van der Waals surface area contributed by atoms with Crippen molar-refractivity contribution in [1.82, 2.24) is 0 Å². The Hall–Kier alpha value is -2.79. The third kappa shape index (κ3) is 6.46. The molecule has 1 amide bonds. The van der Waals surface area contributed by atoms with E-state index in [1.807, 2.05) is 66.7 Å². The number of carbonyl (C=O) groups is 1. The van der Waals surface area contributed by atoms with E-state index in [0.717, 1.165) is 28.0 Å². The van der Waals surface area contributed by atoms with Gasteiger partial charge in [-0.3, -0.25) is 4.79 Å². The fourth-order valence-corrected chi connectivity index (χ4v) is 2.79. The Kier molecular flexibility index (Phi) is 6.88. The van der Waals surface area contributed by atoms with Crippen LogP contribution in [0.4, 0.5) is 11.4 Å². The van der Waals surface area contributed by atoms with Crippen molar-refractivity contribution >= 4 is 33.2 Å². The second-order valence-electron chi connectivity index (χ2n) is 6.02. The minimum Gasteiger partial charge on any atom is -0.493 e. The van der Waals surface area contributed by atoms with Gasteiger partial charge in [-0.15, -0.1) is 0 Å². The molecule has 0 saturated carbocycles. The molecule has 0 saturated heterocycles. The Balaban J connectivity index is 1.40. The minimum absolute atomic E-state index is 0.0967. The Morgan fingerprint density at radius 1 is 0.852 bits per heavy atom. The number of halogens is 1. The molecule has 0 heterocycles. The van der Waals surface area contributed by atoms with Crippen molar-refractivity contribution in [1.29, 1.82) is 0 Å². The largest absolute Gasteiger partial charge is 0.493 e. The van der Waals surface area contributed by atoms with Gasteiger partial charge < -0.3 is 15.4 Å². The lowest BCUT2D eigenvalue weighted by atomic mass is 10.2. The van der Waals surface area contributed by atoms with Gasteiger partial charge in [-0.1, -0.05) is 46.3 Å². The van der Waals surface area contributed by atoms with Gasteiger partial charge in [0, 0.05) is 22.3 Å². The number of ether oxygens (including phenoxy) is 1. The van der Waals surface area contributed by atoms with Crippen LogP contribution in [0.3, 0.4) is 0 Å². The maximum Gasteiger partial charge on any atom is 0.243 e. The van der Waals surface area contributed by atoms with Crippen LogP contribution >= 0.6 is 15.9 Å². The quantitative estimate of drug-likeness (QED) is 0.527. The number of hydrogen-bond donors (Lipinski definition) is 2. The van der Waals surface area contributed by atoms with E-state index in [2.05, 4.69) is 38.7 Å². The van der Waals surface area contributed by atoms with Crippen LogP contribution in [0.15, 0.2) is 83.3 Å². The number of hydrogen-bond acceptors (Lipinski definition) is 3. The first kappa shape index (κ1) is 19.0. The number of carbonyl (C=O) groups excluding carboxylic acids is 1. The first-order valence-corrected chi connectivity index (χ1v) is 9.54. The monoisotopic (exact) mass is 424 g/mol.